The molecule has 1 aromatic rings. The maximum atomic E-state index is 13.8. The highest BCUT2D eigenvalue weighted by Crippen LogP contribution is 2.48. The van der Waals surface area contributed by atoms with Gasteiger partial charge in [0.25, 0.3) is 0 Å². The van der Waals surface area contributed by atoms with Crippen LogP contribution in [0.4, 0.5) is 5.69 Å². The van der Waals surface area contributed by atoms with Gasteiger partial charge in [-0.2, -0.15) is 11.8 Å². The Kier molecular flexibility index (Phi) is 9.42. The fourth-order valence-electron chi connectivity index (χ4n) is 4.88. The molecule has 3 rings (SSSR count). The summed E-state index contributed by atoms with van der Waals surface area (Å²) >= 11 is 1.59. The molecular formula is C26H32N2O9S. The maximum absolute atomic E-state index is 13.8. The highest BCUT2D eigenvalue weighted by atomic mass is 32.2. The lowest BCUT2D eigenvalue weighted by atomic mass is 9.69. The summed E-state index contributed by atoms with van der Waals surface area (Å²) in [7, 11) is 1.20. The average Bonchev–Trinajstić information content (AvgIpc) is 2.86. The Hall–Kier alpha value is -3.54. The van der Waals surface area contributed by atoms with E-state index in [0.717, 1.165) is 11.8 Å². The van der Waals surface area contributed by atoms with Crippen LogP contribution in [0.1, 0.15) is 45.6 Å². The Labute approximate surface area is 224 Å². The topological polar surface area (TPSA) is 154 Å². The Morgan fingerprint density at radius 1 is 1.29 bits per heavy atom. The Balaban J connectivity index is 2.24. The zero-order valence-corrected chi connectivity index (χ0v) is 22.8. The van der Waals surface area contributed by atoms with E-state index < -0.39 is 45.9 Å². The standard InChI is InChI=1S/C26H32N2O9S/c1-6-36-18-12-15(11-17(23(18)29)28(33)34)21-20(26(32)37-8-9-38-7-2)14(4)27-16-10-13(3)19(25(31)35-5)24(30)22(16)21/h11-13,19,21,27,29H,6-10H2,1-5H3/t13-,19+,21-/m1/s1. The van der Waals surface area contributed by atoms with E-state index in [-0.39, 0.29) is 41.6 Å². The number of phenols is 1. The summed E-state index contributed by atoms with van der Waals surface area (Å²) in [6, 6.07) is 2.49. The molecule has 0 bridgehead atoms. The number of dihydropyridines is 1. The number of methoxy groups -OCH3 is 1. The molecule has 0 saturated carbocycles. The van der Waals surface area contributed by atoms with Gasteiger partial charge in [0.15, 0.2) is 11.5 Å². The first-order chi connectivity index (χ1) is 18.1. The lowest BCUT2D eigenvalue weighted by Crippen LogP contribution is -2.43. The number of Topliss-reactive ketones (excluding diaryl/α,β-unsaturated/α-hetero) is 1. The molecule has 0 unspecified atom stereocenters. The number of ether oxygens (including phenoxy) is 3. The number of allylic oxidation sites excluding steroid dienone is 3. The van der Waals surface area contributed by atoms with Crippen molar-refractivity contribution >= 4 is 35.2 Å². The van der Waals surface area contributed by atoms with Crippen molar-refractivity contribution in [3.63, 3.8) is 0 Å². The van der Waals surface area contributed by atoms with Gasteiger partial charge >= 0.3 is 17.6 Å². The van der Waals surface area contributed by atoms with Crippen LogP contribution in [0.15, 0.2) is 34.7 Å². The van der Waals surface area contributed by atoms with Gasteiger partial charge in [0.1, 0.15) is 12.5 Å². The molecular weight excluding hydrogens is 516 g/mol. The van der Waals surface area contributed by atoms with E-state index in [1.165, 1.54) is 13.2 Å². The third-order valence-electron chi connectivity index (χ3n) is 6.53. The Morgan fingerprint density at radius 3 is 2.61 bits per heavy atom. The van der Waals surface area contributed by atoms with Crippen LogP contribution in [-0.4, -0.2) is 59.6 Å². The molecule has 0 fully saturated rings. The van der Waals surface area contributed by atoms with Crippen LogP contribution in [0.3, 0.4) is 0 Å². The minimum Gasteiger partial charge on any atom is -0.500 e. The number of nitro groups is 1. The molecule has 0 saturated heterocycles. The summed E-state index contributed by atoms with van der Waals surface area (Å²) < 4.78 is 15.9. The Bertz CT molecular complexity index is 1210. The number of nitrogens with one attached hydrogen (secondary N) is 1. The molecule has 38 heavy (non-hydrogen) atoms. The molecule has 2 aliphatic rings. The van der Waals surface area contributed by atoms with Crippen LogP contribution in [-0.2, 0) is 23.9 Å². The first-order valence-corrected chi connectivity index (χ1v) is 13.4. The third kappa shape index (κ3) is 5.64. The fraction of sp³-hybridized carbons (Fsp3) is 0.500. The van der Waals surface area contributed by atoms with Crippen LogP contribution in [0.2, 0.25) is 0 Å². The quantitative estimate of drug-likeness (QED) is 0.145. The summed E-state index contributed by atoms with van der Waals surface area (Å²) in [5.74, 6) is -3.96. The summed E-state index contributed by atoms with van der Waals surface area (Å²) in [6.45, 7) is 7.28. The summed E-state index contributed by atoms with van der Waals surface area (Å²) in [5.41, 5.74) is 0.676. The first kappa shape index (κ1) is 29.0. The van der Waals surface area contributed by atoms with Gasteiger partial charge in [-0.3, -0.25) is 19.7 Å². The van der Waals surface area contributed by atoms with E-state index in [1.807, 2.05) is 6.92 Å². The number of ketones is 1. The van der Waals surface area contributed by atoms with Crippen molar-refractivity contribution in [2.45, 2.75) is 40.0 Å². The molecule has 1 aliphatic heterocycles. The number of hydrogen-bond donors (Lipinski definition) is 2. The van der Waals surface area contributed by atoms with Crippen LogP contribution >= 0.6 is 11.8 Å². The van der Waals surface area contributed by atoms with E-state index in [9.17, 15) is 29.6 Å². The zero-order valence-electron chi connectivity index (χ0n) is 22.0. The third-order valence-corrected chi connectivity index (χ3v) is 7.40. The fourth-order valence-corrected chi connectivity index (χ4v) is 5.37. The van der Waals surface area contributed by atoms with E-state index in [0.29, 0.717) is 23.6 Å². The number of carbonyl (C=O) groups excluding carboxylic acids is 3. The van der Waals surface area contributed by atoms with Gasteiger partial charge in [-0.25, -0.2) is 4.79 Å². The smallest absolute Gasteiger partial charge is 0.336 e. The van der Waals surface area contributed by atoms with Gasteiger partial charge in [0.2, 0.25) is 5.75 Å². The number of benzene rings is 1. The molecule has 11 nitrogen and oxygen atoms in total. The first-order valence-electron chi connectivity index (χ1n) is 12.3. The molecule has 0 aromatic heterocycles. The van der Waals surface area contributed by atoms with Crippen molar-refractivity contribution in [2.75, 3.05) is 31.8 Å². The molecule has 12 heteroatoms. The second-order valence-corrected chi connectivity index (χ2v) is 10.3. The number of carbonyl (C=O) groups is 3. The minimum absolute atomic E-state index is 0.0826. The number of phenolic OH excluding ortho intramolecular Hbond substituents is 1. The zero-order chi connectivity index (χ0) is 28.1. The molecule has 1 heterocycles. The van der Waals surface area contributed by atoms with E-state index >= 15 is 0 Å². The van der Waals surface area contributed by atoms with Gasteiger partial charge in [-0.05, 0) is 43.6 Å². The highest BCUT2D eigenvalue weighted by Gasteiger charge is 2.47. The van der Waals surface area contributed by atoms with E-state index in [1.54, 1.807) is 32.5 Å². The number of thioether (sulfide) groups is 1. The monoisotopic (exact) mass is 548 g/mol. The van der Waals surface area contributed by atoms with E-state index in [2.05, 4.69) is 5.32 Å². The lowest BCUT2D eigenvalue weighted by molar-refractivity contribution is -0.386. The van der Waals surface area contributed by atoms with Crippen LogP contribution in [0.5, 0.6) is 11.5 Å². The van der Waals surface area contributed by atoms with Crippen molar-refractivity contribution in [2.24, 2.45) is 11.8 Å². The number of hydrogen-bond acceptors (Lipinski definition) is 11. The molecule has 1 aromatic carbocycles. The average molecular weight is 549 g/mol. The highest BCUT2D eigenvalue weighted by molar-refractivity contribution is 7.99. The van der Waals surface area contributed by atoms with Crippen molar-refractivity contribution in [3.05, 3.63) is 50.4 Å². The lowest BCUT2D eigenvalue weighted by Gasteiger charge is -2.38. The van der Waals surface area contributed by atoms with E-state index in [4.69, 9.17) is 14.2 Å². The molecule has 0 amide bonds. The Morgan fingerprint density at radius 2 is 2.00 bits per heavy atom. The van der Waals surface area contributed by atoms with Gasteiger partial charge in [0.05, 0.1) is 24.2 Å². The molecule has 1 aliphatic carbocycles. The molecule has 206 valence electrons. The molecule has 2 N–H and O–H groups in total. The second-order valence-electron chi connectivity index (χ2n) is 8.95. The number of rotatable bonds is 10. The molecule has 3 atom stereocenters. The largest absolute Gasteiger partial charge is 0.500 e. The number of nitrogens with zero attached hydrogens (tertiary/aromatic N) is 1. The van der Waals surface area contributed by atoms with Gasteiger partial charge < -0.3 is 24.6 Å². The number of nitro benzene ring substituents is 1. The van der Waals surface area contributed by atoms with Crippen LogP contribution < -0.4 is 10.1 Å². The molecule has 0 spiro atoms. The molecule has 0 radical (unpaired) electrons. The summed E-state index contributed by atoms with van der Waals surface area (Å²) in [5, 5.41) is 25.4. The number of esters is 2. The van der Waals surface area contributed by atoms with Gasteiger partial charge in [-0.1, -0.05) is 13.8 Å². The van der Waals surface area contributed by atoms with Gasteiger partial charge in [-0.15, -0.1) is 0 Å². The SMILES string of the molecule is CCOc1cc([C@@H]2C(C(=O)OCCSCC)=C(C)NC3=C2C(=O)[C@@H](C(=O)OC)[C@H](C)C3)cc([N+](=O)[O-])c1O. The van der Waals surface area contributed by atoms with Crippen molar-refractivity contribution in [1.82, 2.24) is 5.32 Å². The second kappa shape index (κ2) is 12.3. The summed E-state index contributed by atoms with van der Waals surface area (Å²) in [4.78, 5) is 50.8. The van der Waals surface area contributed by atoms with Crippen molar-refractivity contribution in [3.8, 4) is 11.5 Å². The predicted octanol–water partition coefficient (Wildman–Crippen LogP) is 3.61. The summed E-state index contributed by atoms with van der Waals surface area (Å²) in [6.07, 6.45) is 0.308. The maximum Gasteiger partial charge on any atom is 0.336 e. The normalized spacial score (nSPS) is 21.0. The van der Waals surface area contributed by atoms with Crippen LogP contribution in [0, 0.1) is 22.0 Å². The van der Waals surface area contributed by atoms with Crippen LogP contribution in [0.25, 0.3) is 0 Å². The number of aromatic hydroxyl groups is 1. The van der Waals surface area contributed by atoms with Crippen molar-refractivity contribution in [1.29, 1.82) is 0 Å². The van der Waals surface area contributed by atoms with Gasteiger partial charge in [0, 0.05) is 34.7 Å². The predicted molar refractivity (Wildman–Crippen MR) is 140 cm³/mol. The minimum atomic E-state index is -1.11. The van der Waals surface area contributed by atoms with Crippen molar-refractivity contribution < 1.29 is 38.6 Å².